The van der Waals surface area contributed by atoms with Gasteiger partial charge in [-0.1, -0.05) is 35.0 Å². The molecule has 0 aliphatic heterocycles. The fraction of sp³-hybridized carbons (Fsp3) is 0.250. The first kappa shape index (κ1) is 23.3. The highest BCUT2D eigenvalue weighted by atomic mass is 35.5. The lowest BCUT2D eigenvalue weighted by molar-refractivity contribution is 0.0924. The first-order chi connectivity index (χ1) is 16.2. The normalized spacial score (nSPS) is 11.4. The number of ketones is 1. The third-order valence-corrected chi connectivity index (χ3v) is 5.17. The Morgan fingerprint density at radius 1 is 1.15 bits per heavy atom. The number of amides is 1. The molecular weight excluding hydrogens is 456 g/mol. The number of aromatic nitrogens is 5. The largest absolute Gasteiger partial charge is 0.350 e. The number of nitrogens with zero attached hydrogens (tertiary/aromatic N) is 5. The van der Waals surface area contributed by atoms with Crippen LogP contribution >= 0.6 is 11.6 Å². The van der Waals surface area contributed by atoms with E-state index in [1.807, 2.05) is 26.8 Å². The van der Waals surface area contributed by atoms with Gasteiger partial charge in [0, 0.05) is 29.7 Å². The van der Waals surface area contributed by atoms with Crippen LogP contribution in [0.15, 0.2) is 59.4 Å². The van der Waals surface area contributed by atoms with Gasteiger partial charge in [0.1, 0.15) is 11.4 Å². The SMILES string of the molecule is CC(C)(C)n1ncc(C(=O)c2cccc(Cl)c2)c1C(=O)NCCc1nc(-c2ccccn2)no1. The highest BCUT2D eigenvalue weighted by molar-refractivity contribution is 6.31. The molecule has 1 aromatic carbocycles. The number of benzene rings is 1. The zero-order valence-electron chi connectivity index (χ0n) is 18.9. The second kappa shape index (κ2) is 9.56. The third-order valence-electron chi connectivity index (χ3n) is 4.94. The molecule has 3 aromatic heterocycles. The summed E-state index contributed by atoms with van der Waals surface area (Å²) in [6, 6.07) is 12.0. The van der Waals surface area contributed by atoms with Gasteiger partial charge in [0.25, 0.3) is 5.91 Å². The Morgan fingerprint density at radius 2 is 1.97 bits per heavy atom. The van der Waals surface area contributed by atoms with E-state index in [9.17, 15) is 9.59 Å². The van der Waals surface area contributed by atoms with E-state index in [4.69, 9.17) is 16.1 Å². The van der Waals surface area contributed by atoms with E-state index in [2.05, 4.69) is 25.5 Å². The molecule has 0 spiro atoms. The van der Waals surface area contributed by atoms with Gasteiger partial charge in [-0.3, -0.25) is 19.3 Å². The van der Waals surface area contributed by atoms with Gasteiger partial charge >= 0.3 is 0 Å². The Hall–Kier alpha value is -3.85. The molecule has 9 nitrogen and oxygen atoms in total. The smallest absolute Gasteiger partial charge is 0.270 e. The number of hydrogen-bond donors (Lipinski definition) is 1. The lowest BCUT2D eigenvalue weighted by Crippen LogP contribution is -2.34. The Labute approximate surface area is 201 Å². The molecule has 4 aromatic rings. The summed E-state index contributed by atoms with van der Waals surface area (Å²) in [7, 11) is 0. The topological polar surface area (TPSA) is 116 Å². The van der Waals surface area contributed by atoms with Gasteiger partial charge in [-0.15, -0.1) is 0 Å². The van der Waals surface area contributed by atoms with Gasteiger partial charge in [0.2, 0.25) is 11.7 Å². The van der Waals surface area contributed by atoms with Crippen LogP contribution < -0.4 is 5.32 Å². The Balaban J connectivity index is 1.51. The van der Waals surface area contributed by atoms with Crippen molar-refractivity contribution in [1.29, 1.82) is 0 Å². The zero-order chi connectivity index (χ0) is 24.3. The molecule has 3 heterocycles. The number of carbonyl (C=O) groups is 2. The van der Waals surface area contributed by atoms with Crippen LogP contribution in [-0.2, 0) is 12.0 Å². The van der Waals surface area contributed by atoms with E-state index in [1.165, 1.54) is 6.20 Å². The van der Waals surface area contributed by atoms with Crippen molar-refractivity contribution < 1.29 is 14.1 Å². The van der Waals surface area contributed by atoms with E-state index >= 15 is 0 Å². The van der Waals surface area contributed by atoms with Crippen molar-refractivity contribution in [3.8, 4) is 11.5 Å². The lowest BCUT2D eigenvalue weighted by atomic mass is 10.0. The van der Waals surface area contributed by atoms with Crippen molar-refractivity contribution >= 4 is 23.3 Å². The molecule has 1 amide bonds. The number of rotatable bonds is 7. The van der Waals surface area contributed by atoms with E-state index in [-0.39, 0.29) is 23.6 Å². The fourth-order valence-corrected chi connectivity index (χ4v) is 3.54. The van der Waals surface area contributed by atoms with E-state index in [0.29, 0.717) is 34.4 Å². The van der Waals surface area contributed by atoms with Crippen molar-refractivity contribution in [2.45, 2.75) is 32.7 Å². The maximum Gasteiger partial charge on any atom is 0.270 e. The van der Waals surface area contributed by atoms with Crippen LogP contribution in [0.5, 0.6) is 0 Å². The molecule has 1 N–H and O–H groups in total. The predicted octanol–water partition coefficient (Wildman–Crippen LogP) is 3.94. The van der Waals surface area contributed by atoms with E-state index < -0.39 is 11.4 Å². The molecule has 0 aliphatic carbocycles. The number of carbonyl (C=O) groups excluding carboxylic acids is 2. The molecule has 34 heavy (non-hydrogen) atoms. The summed E-state index contributed by atoms with van der Waals surface area (Å²) in [5.74, 6) is -0.0232. The van der Waals surface area contributed by atoms with Crippen molar-refractivity contribution in [3.63, 3.8) is 0 Å². The van der Waals surface area contributed by atoms with Gasteiger partial charge in [-0.05, 0) is 45.0 Å². The van der Waals surface area contributed by atoms with Crippen molar-refractivity contribution in [2.75, 3.05) is 6.54 Å². The quantitative estimate of drug-likeness (QED) is 0.400. The van der Waals surface area contributed by atoms with Gasteiger partial charge in [-0.25, -0.2) is 0 Å². The molecule has 0 unspecified atom stereocenters. The highest BCUT2D eigenvalue weighted by Crippen LogP contribution is 2.23. The lowest BCUT2D eigenvalue weighted by Gasteiger charge is -2.22. The molecule has 0 atom stereocenters. The summed E-state index contributed by atoms with van der Waals surface area (Å²) in [6.07, 6.45) is 3.37. The van der Waals surface area contributed by atoms with Gasteiger partial charge < -0.3 is 9.84 Å². The zero-order valence-corrected chi connectivity index (χ0v) is 19.7. The Bertz CT molecular complexity index is 1320. The van der Waals surface area contributed by atoms with E-state index in [1.54, 1.807) is 47.3 Å². The summed E-state index contributed by atoms with van der Waals surface area (Å²) in [4.78, 5) is 34.9. The molecule has 10 heteroatoms. The van der Waals surface area contributed by atoms with E-state index in [0.717, 1.165) is 0 Å². The number of pyridine rings is 1. The molecule has 0 radical (unpaired) electrons. The predicted molar refractivity (Wildman–Crippen MR) is 126 cm³/mol. The first-order valence-electron chi connectivity index (χ1n) is 10.6. The van der Waals surface area contributed by atoms with Crippen molar-refractivity contribution in [3.05, 3.63) is 82.6 Å². The minimum Gasteiger partial charge on any atom is -0.350 e. The second-order valence-corrected chi connectivity index (χ2v) is 9.00. The maximum atomic E-state index is 13.2. The van der Waals surface area contributed by atoms with Crippen LogP contribution in [0.25, 0.3) is 11.5 Å². The monoisotopic (exact) mass is 478 g/mol. The minimum absolute atomic E-state index is 0.178. The Morgan fingerprint density at radius 3 is 2.68 bits per heavy atom. The summed E-state index contributed by atoms with van der Waals surface area (Å²) in [5, 5.41) is 11.5. The summed E-state index contributed by atoms with van der Waals surface area (Å²) >= 11 is 6.05. The summed E-state index contributed by atoms with van der Waals surface area (Å²) in [6.45, 7) is 5.94. The molecule has 0 aliphatic rings. The van der Waals surface area contributed by atoms with Crippen molar-refractivity contribution in [2.24, 2.45) is 0 Å². The molecule has 174 valence electrons. The molecule has 0 bridgehead atoms. The van der Waals surface area contributed by atoms with Crippen LogP contribution in [0.1, 0.15) is 53.1 Å². The summed E-state index contributed by atoms with van der Waals surface area (Å²) in [5.41, 5.74) is 0.827. The summed E-state index contributed by atoms with van der Waals surface area (Å²) < 4.78 is 6.81. The van der Waals surface area contributed by atoms with Crippen molar-refractivity contribution in [1.82, 2.24) is 30.2 Å². The molecule has 0 saturated carbocycles. The van der Waals surface area contributed by atoms with Gasteiger partial charge in [0.15, 0.2) is 5.78 Å². The maximum absolute atomic E-state index is 13.2. The average Bonchev–Trinajstić information content (AvgIpc) is 3.47. The van der Waals surface area contributed by atoms with Crippen LogP contribution in [0.3, 0.4) is 0 Å². The number of halogens is 1. The van der Waals surface area contributed by atoms with Gasteiger partial charge in [0.05, 0.1) is 17.3 Å². The Kier molecular flexibility index (Phi) is 6.56. The van der Waals surface area contributed by atoms with Crippen LogP contribution in [-0.4, -0.2) is 43.1 Å². The van der Waals surface area contributed by atoms with Crippen LogP contribution in [0.4, 0.5) is 0 Å². The average molecular weight is 479 g/mol. The first-order valence-corrected chi connectivity index (χ1v) is 11.0. The van der Waals surface area contributed by atoms with Gasteiger partial charge in [-0.2, -0.15) is 10.1 Å². The molecule has 0 fully saturated rings. The molecular formula is C24H23ClN6O3. The number of hydrogen-bond acceptors (Lipinski definition) is 7. The minimum atomic E-state index is -0.524. The van der Waals surface area contributed by atoms with Crippen LogP contribution in [0.2, 0.25) is 5.02 Å². The highest BCUT2D eigenvalue weighted by Gasteiger charge is 2.29. The van der Waals surface area contributed by atoms with Crippen LogP contribution in [0, 0.1) is 0 Å². The number of nitrogens with one attached hydrogen (secondary N) is 1. The molecule has 4 rings (SSSR count). The third kappa shape index (κ3) is 5.04. The standard InChI is InChI=1S/C24H23ClN6O3/c1-24(2,3)31-20(17(14-28-31)21(32)15-7-6-8-16(25)13-15)23(33)27-12-10-19-29-22(30-34-19)18-9-4-5-11-26-18/h4-9,11,13-14H,10,12H2,1-3H3,(H,27,33). The molecule has 0 saturated heterocycles. The second-order valence-electron chi connectivity index (χ2n) is 8.56. The fourth-order valence-electron chi connectivity index (χ4n) is 3.35.